The van der Waals surface area contributed by atoms with Gasteiger partial charge >= 0.3 is 5.82 Å². The molecule has 0 aromatic carbocycles. The fraction of sp³-hybridized carbons (Fsp3) is 0.600. The van der Waals surface area contributed by atoms with Gasteiger partial charge in [0.25, 0.3) is 0 Å². The zero-order valence-electron chi connectivity index (χ0n) is 10.5. The molecule has 1 rings (SSSR count). The highest BCUT2D eigenvalue weighted by atomic mass is 16.6. The second-order valence-electron chi connectivity index (χ2n) is 4.57. The van der Waals surface area contributed by atoms with Gasteiger partial charge in [0.2, 0.25) is 5.91 Å². The van der Waals surface area contributed by atoms with Gasteiger partial charge in [-0.05, 0) is 25.7 Å². The molecule has 0 bridgehead atoms. The molecule has 1 heterocycles. The number of nitrogens with zero attached hydrogens (tertiary/aromatic N) is 3. The van der Waals surface area contributed by atoms with E-state index in [0.717, 1.165) is 0 Å². The maximum Gasteiger partial charge on any atom is 0.389 e. The molecule has 1 amide bonds. The first-order chi connectivity index (χ1) is 8.22. The fourth-order valence-electron chi connectivity index (χ4n) is 1.19. The average Bonchev–Trinajstić information content (AvgIpc) is 2.64. The lowest BCUT2D eigenvalue weighted by molar-refractivity contribution is -0.389. The van der Waals surface area contributed by atoms with Crippen molar-refractivity contribution in [1.29, 1.82) is 0 Å². The van der Waals surface area contributed by atoms with Gasteiger partial charge in [-0.1, -0.05) is 0 Å². The summed E-state index contributed by atoms with van der Waals surface area (Å²) in [6.45, 7) is 4.80. The highest BCUT2D eigenvalue weighted by Crippen LogP contribution is 2.09. The van der Waals surface area contributed by atoms with Crippen molar-refractivity contribution < 1.29 is 14.8 Å². The van der Waals surface area contributed by atoms with Crippen LogP contribution < -0.4 is 5.32 Å². The maximum atomic E-state index is 11.7. The number of aromatic nitrogens is 2. The third-order valence-electron chi connectivity index (χ3n) is 2.63. The largest absolute Gasteiger partial charge is 0.391 e. The van der Waals surface area contributed by atoms with Crippen molar-refractivity contribution in [2.75, 3.05) is 0 Å². The monoisotopic (exact) mass is 256 g/mol. The molecule has 0 saturated heterocycles. The van der Waals surface area contributed by atoms with E-state index in [-0.39, 0.29) is 18.3 Å². The number of carbonyl (C=O) groups is 1. The summed E-state index contributed by atoms with van der Waals surface area (Å²) in [6.07, 6.45) is 0.640. The molecule has 8 nitrogen and oxygen atoms in total. The van der Waals surface area contributed by atoms with Crippen LogP contribution in [0.25, 0.3) is 0 Å². The molecular formula is C10H16N4O4. The molecule has 1 unspecified atom stereocenters. The van der Waals surface area contributed by atoms with Crippen LogP contribution in [0.5, 0.6) is 0 Å². The Balaban J connectivity index is 2.62. The number of nitrogens with one attached hydrogen (secondary N) is 1. The van der Waals surface area contributed by atoms with Crippen LogP contribution in [0, 0.1) is 10.1 Å². The van der Waals surface area contributed by atoms with Gasteiger partial charge in [-0.25, -0.2) is 0 Å². The van der Waals surface area contributed by atoms with E-state index in [1.54, 1.807) is 20.8 Å². The number of carbonyl (C=O) groups excluding carboxylic acids is 1. The van der Waals surface area contributed by atoms with Gasteiger partial charge in [-0.3, -0.25) is 4.79 Å². The predicted molar refractivity (Wildman–Crippen MR) is 62.8 cm³/mol. The highest BCUT2D eigenvalue weighted by Gasteiger charge is 2.26. The predicted octanol–water partition coefficient (Wildman–Crippen LogP) is 0.0669. The third-order valence-corrected chi connectivity index (χ3v) is 2.63. The van der Waals surface area contributed by atoms with Crippen molar-refractivity contribution in [3.63, 3.8) is 0 Å². The van der Waals surface area contributed by atoms with E-state index in [9.17, 15) is 20.0 Å². The molecule has 1 aromatic rings. The Hall–Kier alpha value is -1.96. The lowest BCUT2D eigenvalue weighted by atomic mass is 9.99. The Morgan fingerprint density at radius 3 is 2.78 bits per heavy atom. The van der Waals surface area contributed by atoms with Crippen molar-refractivity contribution in [2.24, 2.45) is 0 Å². The first-order valence-corrected chi connectivity index (χ1v) is 5.39. The Kier molecular flexibility index (Phi) is 4.02. The Morgan fingerprint density at radius 1 is 1.72 bits per heavy atom. The zero-order chi connectivity index (χ0) is 13.9. The van der Waals surface area contributed by atoms with Crippen molar-refractivity contribution >= 4 is 11.7 Å². The minimum absolute atomic E-state index is 0.135. The van der Waals surface area contributed by atoms with E-state index in [4.69, 9.17) is 0 Å². The number of hydrogen-bond donors (Lipinski definition) is 2. The van der Waals surface area contributed by atoms with Crippen LogP contribution in [0.15, 0.2) is 12.3 Å². The van der Waals surface area contributed by atoms with E-state index in [2.05, 4.69) is 10.4 Å². The second kappa shape index (κ2) is 5.13. The van der Waals surface area contributed by atoms with E-state index >= 15 is 0 Å². The molecule has 0 aliphatic carbocycles. The number of rotatable bonds is 5. The molecule has 100 valence electrons. The Morgan fingerprint density at radius 2 is 2.33 bits per heavy atom. The number of nitro groups is 1. The molecule has 0 fully saturated rings. The van der Waals surface area contributed by atoms with Crippen LogP contribution in [0.3, 0.4) is 0 Å². The second-order valence-corrected chi connectivity index (χ2v) is 4.57. The summed E-state index contributed by atoms with van der Waals surface area (Å²) >= 11 is 0. The maximum absolute atomic E-state index is 11.7. The van der Waals surface area contributed by atoms with E-state index in [1.165, 1.54) is 16.9 Å². The number of amides is 1. The molecular weight excluding hydrogens is 240 g/mol. The number of aliphatic hydroxyl groups is 1. The van der Waals surface area contributed by atoms with Gasteiger partial charge in [-0.2, -0.15) is 4.68 Å². The summed E-state index contributed by atoms with van der Waals surface area (Å²) in [7, 11) is 0. The molecule has 0 spiro atoms. The zero-order valence-corrected chi connectivity index (χ0v) is 10.5. The first-order valence-electron chi connectivity index (χ1n) is 5.39. The SMILES string of the molecule is CC(O)C(C)(C)NC(=O)Cn1ccc([N+](=O)[O-])n1. The summed E-state index contributed by atoms with van der Waals surface area (Å²) in [6, 6.07) is 1.22. The van der Waals surface area contributed by atoms with Crippen molar-refractivity contribution in [1.82, 2.24) is 15.1 Å². The van der Waals surface area contributed by atoms with Crippen LogP contribution in [-0.2, 0) is 11.3 Å². The minimum atomic E-state index is -0.768. The molecule has 0 aliphatic heterocycles. The fourth-order valence-corrected chi connectivity index (χ4v) is 1.19. The number of aliphatic hydroxyl groups excluding tert-OH is 1. The van der Waals surface area contributed by atoms with Gasteiger partial charge in [0.15, 0.2) is 0 Å². The molecule has 18 heavy (non-hydrogen) atoms. The van der Waals surface area contributed by atoms with Crippen LogP contribution >= 0.6 is 0 Å². The van der Waals surface area contributed by atoms with Gasteiger partial charge < -0.3 is 20.5 Å². The standard InChI is InChI=1S/C10H16N4O4/c1-7(15)10(2,3)11-9(16)6-13-5-4-8(12-13)14(17)18/h4-5,7,15H,6H2,1-3H3,(H,11,16). The first kappa shape index (κ1) is 14.1. The molecule has 2 N–H and O–H groups in total. The van der Waals surface area contributed by atoms with Crippen molar-refractivity contribution in [3.05, 3.63) is 22.4 Å². The minimum Gasteiger partial charge on any atom is -0.391 e. The van der Waals surface area contributed by atoms with Gasteiger partial charge in [0, 0.05) is 0 Å². The summed E-state index contributed by atoms with van der Waals surface area (Å²) in [4.78, 5) is 21.4. The van der Waals surface area contributed by atoms with Crippen LogP contribution in [0.4, 0.5) is 5.82 Å². The van der Waals surface area contributed by atoms with Gasteiger partial charge in [0.1, 0.15) is 6.54 Å². The Bertz CT molecular complexity index is 452. The molecule has 1 atom stereocenters. The smallest absolute Gasteiger partial charge is 0.389 e. The summed E-state index contributed by atoms with van der Waals surface area (Å²) in [5.74, 6) is -0.684. The summed E-state index contributed by atoms with van der Waals surface area (Å²) in [5.41, 5.74) is -0.768. The third kappa shape index (κ3) is 3.52. The summed E-state index contributed by atoms with van der Waals surface area (Å²) < 4.78 is 1.17. The number of hydrogen-bond acceptors (Lipinski definition) is 5. The van der Waals surface area contributed by atoms with E-state index in [0.29, 0.717) is 0 Å². The molecule has 0 aliphatic rings. The molecule has 8 heteroatoms. The molecule has 0 radical (unpaired) electrons. The quantitative estimate of drug-likeness (QED) is 0.572. The lowest BCUT2D eigenvalue weighted by Crippen LogP contribution is -2.51. The van der Waals surface area contributed by atoms with Gasteiger partial charge in [0.05, 0.1) is 29.0 Å². The lowest BCUT2D eigenvalue weighted by Gasteiger charge is -2.29. The normalized spacial score (nSPS) is 13.1. The topological polar surface area (TPSA) is 110 Å². The van der Waals surface area contributed by atoms with Crippen LogP contribution in [-0.4, -0.2) is 37.4 Å². The van der Waals surface area contributed by atoms with Crippen LogP contribution in [0.2, 0.25) is 0 Å². The van der Waals surface area contributed by atoms with Crippen molar-refractivity contribution in [2.45, 2.75) is 39.0 Å². The van der Waals surface area contributed by atoms with E-state index in [1.807, 2.05) is 0 Å². The molecule has 0 saturated carbocycles. The van der Waals surface area contributed by atoms with E-state index < -0.39 is 16.6 Å². The Labute approximate surface area is 104 Å². The van der Waals surface area contributed by atoms with Gasteiger partial charge in [-0.15, -0.1) is 0 Å². The molecule has 1 aromatic heterocycles. The summed E-state index contributed by atoms with van der Waals surface area (Å²) in [5, 5.41) is 26.1. The average molecular weight is 256 g/mol. The highest BCUT2D eigenvalue weighted by molar-refractivity contribution is 5.76. The van der Waals surface area contributed by atoms with Crippen LogP contribution in [0.1, 0.15) is 20.8 Å². The van der Waals surface area contributed by atoms with Crippen molar-refractivity contribution in [3.8, 4) is 0 Å².